The van der Waals surface area contributed by atoms with Crippen molar-refractivity contribution in [2.24, 2.45) is 0 Å². The van der Waals surface area contributed by atoms with E-state index in [-0.39, 0.29) is 30.8 Å². The maximum Gasteiger partial charge on any atom is 0.241 e. The van der Waals surface area contributed by atoms with Gasteiger partial charge in [-0.3, -0.25) is 14.5 Å². The van der Waals surface area contributed by atoms with Crippen LogP contribution in [0.3, 0.4) is 0 Å². The summed E-state index contributed by atoms with van der Waals surface area (Å²) in [7, 11) is 1.85. The summed E-state index contributed by atoms with van der Waals surface area (Å²) in [6.07, 6.45) is 0.254. The van der Waals surface area contributed by atoms with Crippen LogP contribution in [-0.4, -0.2) is 36.3 Å². The summed E-state index contributed by atoms with van der Waals surface area (Å²) < 4.78 is 0. The standard InChI is InChI=1S/C20H21Cl2N3O2/c1-13-10-18(26)23-16-8-3-4-9-17(16)25(13)19(27)12-24(2)11-14-6-5-7-15(21)20(14)22/h3-9,13H,10-12H2,1-2H3,(H,23,26)/t13-/m1/s1. The van der Waals surface area contributed by atoms with Gasteiger partial charge in [-0.05, 0) is 37.7 Å². The van der Waals surface area contributed by atoms with Gasteiger partial charge in [-0.2, -0.15) is 0 Å². The molecule has 0 fully saturated rings. The fraction of sp³-hybridized carbons (Fsp3) is 0.300. The van der Waals surface area contributed by atoms with Crippen molar-refractivity contribution >= 4 is 46.4 Å². The Labute approximate surface area is 168 Å². The molecule has 0 aromatic heterocycles. The number of hydrogen-bond acceptors (Lipinski definition) is 3. The molecule has 7 heteroatoms. The number of amides is 2. The van der Waals surface area contributed by atoms with Crippen molar-refractivity contribution in [1.29, 1.82) is 0 Å². The number of halogens is 2. The van der Waals surface area contributed by atoms with Gasteiger partial charge < -0.3 is 10.2 Å². The number of nitrogens with one attached hydrogen (secondary N) is 1. The zero-order chi connectivity index (χ0) is 19.6. The SMILES string of the molecule is C[C@@H]1CC(=O)Nc2ccccc2N1C(=O)CN(C)Cc1cccc(Cl)c1Cl. The molecule has 2 aromatic rings. The summed E-state index contributed by atoms with van der Waals surface area (Å²) in [6.45, 7) is 2.56. The van der Waals surface area contributed by atoms with Crippen LogP contribution < -0.4 is 10.2 Å². The lowest BCUT2D eigenvalue weighted by Crippen LogP contribution is -2.44. The summed E-state index contributed by atoms with van der Waals surface area (Å²) >= 11 is 12.3. The van der Waals surface area contributed by atoms with E-state index in [1.807, 2.05) is 49.2 Å². The van der Waals surface area contributed by atoms with E-state index in [0.717, 1.165) is 11.3 Å². The van der Waals surface area contributed by atoms with Gasteiger partial charge in [-0.15, -0.1) is 0 Å². The lowest BCUT2D eigenvalue weighted by atomic mass is 10.1. The number of hydrogen-bond donors (Lipinski definition) is 1. The Kier molecular flexibility index (Phi) is 6.05. The molecule has 1 N–H and O–H groups in total. The molecule has 0 aliphatic carbocycles. The van der Waals surface area contributed by atoms with Crippen LogP contribution in [0.1, 0.15) is 18.9 Å². The molecule has 0 saturated carbocycles. The van der Waals surface area contributed by atoms with E-state index >= 15 is 0 Å². The first-order valence-electron chi connectivity index (χ1n) is 8.69. The second-order valence-electron chi connectivity index (χ2n) is 6.77. The van der Waals surface area contributed by atoms with Crippen molar-refractivity contribution in [3.05, 3.63) is 58.1 Å². The number of para-hydroxylation sites is 2. The third-order valence-electron chi connectivity index (χ3n) is 4.50. The van der Waals surface area contributed by atoms with Crippen LogP contribution in [0, 0.1) is 0 Å². The maximum absolute atomic E-state index is 13.1. The van der Waals surface area contributed by atoms with Gasteiger partial charge >= 0.3 is 0 Å². The van der Waals surface area contributed by atoms with Crippen molar-refractivity contribution in [1.82, 2.24) is 4.90 Å². The van der Waals surface area contributed by atoms with Crippen LogP contribution in [0.4, 0.5) is 11.4 Å². The van der Waals surface area contributed by atoms with Crippen molar-refractivity contribution in [2.75, 3.05) is 23.8 Å². The van der Waals surface area contributed by atoms with Crippen LogP contribution in [0.5, 0.6) is 0 Å². The third kappa shape index (κ3) is 4.43. The first kappa shape index (κ1) is 19.7. The minimum absolute atomic E-state index is 0.0768. The van der Waals surface area contributed by atoms with Crippen LogP contribution in [0.15, 0.2) is 42.5 Å². The first-order valence-corrected chi connectivity index (χ1v) is 9.44. The fourth-order valence-corrected chi connectivity index (χ4v) is 3.67. The molecular formula is C20H21Cl2N3O2. The molecule has 1 atom stereocenters. The zero-order valence-corrected chi connectivity index (χ0v) is 16.7. The first-order chi connectivity index (χ1) is 12.9. The van der Waals surface area contributed by atoms with Crippen LogP contribution in [0.2, 0.25) is 10.0 Å². The number of fused-ring (bicyclic) bond motifs is 1. The van der Waals surface area contributed by atoms with Crippen molar-refractivity contribution in [3.8, 4) is 0 Å². The Morgan fingerprint density at radius 3 is 2.74 bits per heavy atom. The average molecular weight is 406 g/mol. The second-order valence-corrected chi connectivity index (χ2v) is 7.55. The molecule has 2 aromatic carbocycles. The van der Waals surface area contributed by atoms with E-state index in [2.05, 4.69) is 5.32 Å². The minimum atomic E-state index is -0.232. The Morgan fingerprint density at radius 2 is 1.96 bits per heavy atom. The average Bonchev–Trinajstić information content (AvgIpc) is 2.73. The molecule has 1 aliphatic rings. The van der Waals surface area contributed by atoms with E-state index < -0.39 is 0 Å². The highest BCUT2D eigenvalue weighted by molar-refractivity contribution is 6.42. The quantitative estimate of drug-likeness (QED) is 0.829. The van der Waals surface area contributed by atoms with E-state index in [4.69, 9.17) is 23.2 Å². The van der Waals surface area contributed by atoms with Crippen molar-refractivity contribution in [3.63, 3.8) is 0 Å². The van der Waals surface area contributed by atoms with E-state index in [9.17, 15) is 9.59 Å². The lowest BCUT2D eigenvalue weighted by Gasteiger charge is -2.30. The normalized spacial score (nSPS) is 16.7. The zero-order valence-electron chi connectivity index (χ0n) is 15.2. The minimum Gasteiger partial charge on any atom is -0.324 e. The number of carbonyl (C=O) groups is 2. The van der Waals surface area contributed by atoms with Crippen LogP contribution in [-0.2, 0) is 16.1 Å². The summed E-state index contributed by atoms with van der Waals surface area (Å²) in [5, 5.41) is 3.86. The number of benzene rings is 2. The Balaban J connectivity index is 1.78. The van der Waals surface area contributed by atoms with Crippen LogP contribution >= 0.6 is 23.2 Å². The number of likely N-dealkylation sites (N-methyl/N-ethyl adjacent to an activating group) is 1. The van der Waals surface area contributed by atoms with E-state index in [1.54, 1.807) is 17.0 Å². The fourth-order valence-electron chi connectivity index (χ4n) is 3.29. The molecular weight excluding hydrogens is 385 g/mol. The molecule has 27 heavy (non-hydrogen) atoms. The lowest BCUT2D eigenvalue weighted by molar-refractivity contribution is -0.120. The summed E-state index contributed by atoms with van der Waals surface area (Å²) in [5.41, 5.74) is 2.23. The van der Waals surface area contributed by atoms with E-state index in [1.165, 1.54) is 0 Å². The molecule has 1 aliphatic heterocycles. The summed E-state index contributed by atoms with van der Waals surface area (Å²) in [5.74, 6) is -0.170. The maximum atomic E-state index is 13.1. The molecule has 142 valence electrons. The number of nitrogens with zero attached hydrogens (tertiary/aromatic N) is 2. The highest BCUT2D eigenvalue weighted by Gasteiger charge is 2.29. The predicted octanol–water partition coefficient (Wildman–Crippen LogP) is 4.19. The summed E-state index contributed by atoms with van der Waals surface area (Å²) in [6, 6.07) is 12.6. The predicted molar refractivity (Wildman–Crippen MR) is 109 cm³/mol. The summed E-state index contributed by atoms with van der Waals surface area (Å²) in [4.78, 5) is 28.7. The highest BCUT2D eigenvalue weighted by Crippen LogP contribution is 2.31. The molecule has 0 bridgehead atoms. The second kappa shape index (κ2) is 8.30. The molecule has 1 heterocycles. The molecule has 0 unspecified atom stereocenters. The van der Waals surface area contributed by atoms with Gasteiger partial charge in [0.05, 0.1) is 28.0 Å². The molecule has 2 amide bonds. The third-order valence-corrected chi connectivity index (χ3v) is 5.36. The van der Waals surface area contributed by atoms with Gasteiger partial charge in [0.15, 0.2) is 0 Å². The highest BCUT2D eigenvalue weighted by atomic mass is 35.5. The monoisotopic (exact) mass is 405 g/mol. The molecule has 0 saturated heterocycles. The van der Waals surface area contributed by atoms with Gasteiger partial charge in [0.25, 0.3) is 0 Å². The molecule has 3 rings (SSSR count). The Hall–Kier alpha value is -2.08. The van der Waals surface area contributed by atoms with Crippen LogP contribution in [0.25, 0.3) is 0 Å². The number of rotatable bonds is 4. The smallest absolute Gasteiger partial charge is 0.241 e. The molecule has 0 radical (unpaired) electrons. The van der Waals surface area contributed by atoms with Crippen molar-refractivity contribution in [2.45, 2.75) is 25.9 Å². The number of carbonyl (C=O) groups excluding carboxylic acids is 2. The molecule has 0 spiro atoms. The van der Waals surface area contributed by atoms with Crippen molar-refractivity contribution < 1.29 is 9.59 Å². The Morgan fingerprint density at radius 1 is 1.22 bits per heavy atom. The van der Waals surface area contributed by atoms with Gasteiger partial charge in [-0.25, -0.2) is 0 Å². The number of anilines is 2. The largest absolute Gasteiger partial charge is 0.324 e. The van der Waals surface area contributed by atoms with Gasteiger partial charge in [-0.1, -0.05) is 47.5 Å². The van der Waals surface area contributed by atoms with Gasteiger partial charge in [0, 0.05) is 19.0 Å². The van der Waals surface area contributed by atoms with Gasteiger partial charge in [0.1, 0.15) is 0 Å². The van der Waals surface area contributed by atoms with E-state index in [0.29, 0.717) is 22.3 Å². The Bertz CT molecular complexity index is 872. The topological polar surface area (TPSA) is 52.7 Å². The van der Waals surface area contributed by atoms with Gasteiger partial charge in [0.2, 0.25) is 11.8 Å². The molecule has 5 nitrogen and oxygen atoms in total.